The van der Waals surface area contributed by atoms with Gasteiger partial charge in [0.05, 0.1) is 10.6 Å². The van der Waals surface area contributed by atoms with Gasteiger partial charge in [-0.2, -0.15) is 0 Å². The Labute approximate surface area is 253 Å². The number of aryl methyl sites for hydroxylation is 2. The third kappa shape index (κ3) is 7.87. The van der Waals surface area contributed by atoms with Crippen molar-refractivity contribution in [1.29, 1.82) is 0 Å². The lowest BCUT2D eigenvalue weighted by Gasteiger charge is -2.34. The van der Waals surface area contributed by atoms with E-state index in [1.807, 2.05) is 50.2 Å². The molecule has 0 heterocycles. The van der Waals surface area contributed by atoms with Crippen LogP contribution in [0.3, 0.4) is 0 Å². The number of likely N-dealkylation sites (N-methyl/N-ethyl adjacent to an activating group) is 1. The second-order valence-electron chi connectivity index (χ2n) is 10.4. The summed E-state index contributed by atoms with van der Waals surface area (Å²) in [5.41, 5.74) is 2.97. The number of hydrogen-bond donors (Lipinski definition) is 1. The van der Waals surface area contributed by atoms with Gasteiger partial charge in [0, 0.05) is 25.1 Å². The average molecular weight is 602 g/mol. The molecule has 4 aromatic rings. The fourth-order valence-corrected chi connectivity index (χ4v) is 6.42. The van der Waals surface area contributed by atoms with E-state index in [1.54, 1.807) is 55.5 Å². The van der Waals surface area contributed by atoms with Crippen LogP contribution in [0.2, 0.25) is 0 Å². The van der Waals surface area contributed by atoms with Crippen LogP contribution >= 0.6 is 0 Å². The second-order valence-corrected chi connectivity index (χ2v) is 12.2. The molecule has 7 nitrogen and oxygen atoms in total. The molecule has 1 unspecified atom stereocenters. The number of nitrogens with zero attached hydrogens (tertiary/aromatic N) is 2. The minimum atomic E-state index is -4.20. The van der Waals surface area contributed by atoms with Crippen molar-refractivity contribution in [1.82, 2.24) is 10.2 Å². The molecule has 43 heavy (non-hydrogen) atoms. The van der Waals surface area contributed by atoms with Gasteiger partial charge in [0.25, 0.3) is 10.0 Å². The normalized spacial score (nSPS) is 11.9. The number of sulfonamides is 1. The first-order valence-electron chi connectivity index (χ1n) is 14.1. The Balaban J connectivity index is 1.82. The van der Waals surface area contributed by atoms with Gasteiger partial charge in [0.1, 0.15) is 18.4 Å². The van der Waals surface area contributed by atoms with Gasteiger partial charge in [0.2, 0.25) is 11.8 Å². The molecule has 0 fully saturated rings. The third-order valence-electron chi connectivity index (χ3n) is 7.03. The summed E-state index contributed by atoms with van der Waals surface area (Å²) in [4.78, 5) is 29.2. The van der Waals surface area contributed by atoms with Gasteiger partial charge < -0.3 is 10.2 Å². The summed E-state index contributed by atoms with van der Waals surface area (Å²) in [5.74, 6) is -1.59. The van der Waals surface area contributed by atoms with E-state index in [4.69, 9.17) is 0 Å². The Morgan fingerprint density at radius 2 is 1.42 bits per heavy atom. The zero-order valence-corrected chi connectivity index (χ0v) is 25.4. The molecule has 4 aromatic carbocycles. The molecule has 0 radical (unpaired) electrons. The van der Waals surface area contributed by atoms with E-state index in [-0.39, 0.29) is 23.4 Å². The molecule has 9 heteroatoms. The fourth-order valence-electron chi connectivity index (χ4n) is 5.00. The van der Waals surface area contributed by atoms with Crippen molar-refractivity contribution in [2.75, 3.05) is 17.4 Å². The number of anilines is 1. The first-order valence-corrected chi connectivity index (χ1v) is 15.5. The largest absolute Gasteiger partial charge is 0.355 e. The maximum absolute atomic E-state index is 14.9. The number of carbonyl (C=O) groups is 2. The van der Waals surface area contributed by atoms with Crippen LogP contribution in [0.5, 0.6) is 0 Å². The Hall–Kier alpha value is -4.50. The average Bonchev–Trinajstić information content (AvgIpc) is 2.99. The molecule has 0 spiro atoms. The molecule has 1 atom stereocenters. The van der Waals surface area contributed by atoms with Crippen LogP contribution in [0, 0.1) is 19.7 Å². The zero-order chi connectivity index (χ0) is 31.0. The van der Waals surface area contributed by atoms with E-state index in [2.05, 4.69) is 5.32 Å². The number of halogens is 1. The Bertz CT molecular complexity index is 1640. The highest BCUT2D eigenvalue weighted by molar-refractivity contribution is 7.92. The standard InChI is InChI=1S/C34H36FN3O4S/c1-4-36-34(40)32(22-27-13-7-5-8-14-27)37(23-28-15-11-12-18-31(28)35)33(39)24-38(29-20-25(2)19-26(3)21-29)43(41,42)30-16-9-6-10-17-30/h5-21,32H,4,22-24H2,1-3H3,(H,36,40). The van der Waals surface area contributed by atoms with Crippen molar-refractivity contribution in [3.8, 4) is 0 Å². The van der Waals surface area contributed by atoms with Crippen LogP contribution in [0.4, 0.5) is 10.1 Å². The number of hydrogen-bond acceptors (Lipinski definition) is 4. The lowest BCUT2D eigenvalue weighted by molar-refractivity contribution is -0.140. The molecule has 2 amide bonds. The highest BCUT2D eigenvalue weighted by atomic mass is 32.2. The molecule has 0 saturated carbocycles. The maximum atomic E-state index is 14.9. The van der Waals surface area contributed by atoms with Crippen LogP contribution < -0.4 is 9.62 Å². The summed E-state index contributed by atoms with van der Waals surface area (Å²) in [6.07, 6.45) is 0.155. The van der Waals surface area contributed by atoms with Gasteiger partial charge in [0.15, 0.2) is 0 Å². The maximum Gasteiger partial charge on any atom is 0.264 e. The summed E-state index contributed by atoms with van der Waals surface area (Å²) in [6, 6.07) is 27.4. The minimum absolute atomic E-state index is 0.0205. The van der Waals surface area contributed by atoms with E-state index in [0.717, 1.165) is 21.0 Å². The van der Waals surface area contributed by atoms with Crippen molar-refractivity contribution in [2.24, 2.45) is 0 Å². The van der Waals surface area contributed by atoms with Crippen molar-refractivity contribution in [3.05, 3.63) is 131 Å². The molecule has 0 aliphatic rings. The summed E-state index contributed by atoms with van der Waals surface area (Å²) in [6.45, 7) is 4.96. The molecule has 1 N–H and O–H groups in total. The third-order valence-corrected chi connectivity index (χ3v) is 8.81. The topological polar surface area (TPSA) is 86.8 Å². The molecule has 0 bridgehead atoms. The molecule has 4 rings (SSSR count). The van der Waals surface area contributed by atoms with Gasteiger partial charge in [-0.05, 0) is 67.8 Å². The molecular formula is C34H36FN3O4S. The van der Waals surface area contributed by atoms with E-state index in [1.165, 1.54) is 23.1 Å². The summed E-state index contributed by atoms with van der Waals surface area (Å²) in [7, 11) is -4.20. The van der Waals surface area contributed by atoms with Crippen LogP contribution in [-0.4, -0.2) is 44.3 Å². The highest BCUT2D eigenvalue weighted by Crippen LogP contribution is 2.27. The van der Waals surface area contributed by atoms with E-state index >= 15 is 0 Å². The molecule has 0 aliphatic heterocycles. The Morgan fingerprint density at radius 3 is 2.02 bits per heavy atom. The van der Waals surface area contributed by atoms with E-state index < -0.39 is 40.2 Å². The van der Waals surface area contributed by atoms with Crippen LogP contribution in [0.15, 0.2) is 108 Å². The molecule has 0 aromatic heterocycles. The van der Waals surface area contributed by atoms with Crippen LogP contribution in [0.1, 0.15) is 29.2 Å². The summed E-state index contributed by atoms with van der Waals surface area (Å²) >= 11 is 0. The SMILES string of the molecule is CCNC(=O)C(Cc1ccccc1)N(Cc1ccccc1F)C(=O)CN(c1cc(C)cc(C)c1)S(=O)(=O)c1ccccc1. The number of nitrogens with one attached hydrogen (secondary N) is 1. The minimum Gasteiger partial charge on any atom is -0.355 e. The van der Waals surface area contributed by atoms with Gasteiger partial charge in [-0.3, -0.25) is 13.9 Å². The molecule has 224 valence electrons. The van der Waals surface area contributed by atoms with Gasteiger partial charge in [-0.25, -0.2) is 12.8 Å². The smallest absolute Gasteiger partial charge is 0.264 e. The van der Waals surface area contributed by atoms with Crippen molar-refractivity contribution in [2.45, 2.75) is 44.7 Å². The number of benzene rings is 4. The second kappa shape index (κ2) is 14.1. The van der Waals surface area contributed by atoms with E-state index in [9.17, 15) is 22.4 Å². The Morgan fingerprint density at radius 1 is 0.837 bits per heavy atom. The predicted molar refractivity (Wildman–Crippen MR) is 166 cm³/mol. The quantitative estimate of drug-likeness (QED) is 0.235. The molecular weight excluding hydrogens is 565 g/mol. The van der Waals surface area contributed by atoms with Gasteiger partial charge in [-0.15, -0.1) is 0 Å². The summed E-state index contributed by atoms with van der Waals surface area (Å²) < 4.78 is 44.1. The highest BCUT2D eigenvalue weighted by Gasteiger charge is 2.35. The van der Waals surface area contributed by atoms with Crippen molar-refractivity contribution >= 4 is 27.5 Å². The van der Waals surface area contributed by atoms with Gasteiger partial charge >= 0.3 is 0 Å². The zero-order valence-electron chi connectivity index (χ0n) is 24.5. The van der Waals surface area contributed by atoms with Crippen molar-refractivity contribution in [3.63, 3.8) is 0 Å². The van der Waals surface area contributed by atoms with Crippen LogP contribution in [-0.2, 0) is 32.6 Å². The van der Waals surface area contributed by atoms with Crippen LogP contribution in [0.25, 0.3) is 0 Å². The predicted octanol–water partition coefficient (Wildman–Crippen LogP) is 5.41. The molecule has 0 aliphatic carbocycles. The number of carbonyl (C=O) groups excluding carboxylic acids is 2. The van der Waals surface area contributed by atoms with E-state index in [0.29, 0.717) is 12.2 Å². The Kier molecular flexibility index (Phi) is 10.3. The summed E-state index contributed by atoms with van der Waals surface area (Å²) in [5, 5.41) is 2.80. The van der Waals surface area contributed by atoms with Crippen molar-refractivity contribution < 1.29 is 22.4 Å². The first-order chi connectivity index (χ1) is 20.6. The molecule has 0 saturated heterocycles. The monoisotopic (exact) mass is 601 g/mol. The lowest BCUT2D eigenvalue weighted by Crippen LogP contribution is -2.53. The number of amides is 2. The number of rotatable bonds is 12. The van der Waals surface area contributed by atoms with Gasteiger partial charge in [-0.1, -0.05) is 72.8 Å². The first kappa shape index (κ1) is 31.4. The fraction of sp³-hybridized carbons (Fsp3) is 0.235. The lowest BCUT2D eigenvalue weighted by atomic mass is 10.0.